The predicted octanol–water partition coefficient (Wildman–Crippen LogP) is 1.07. The summed E-state index contributed by atoms with van der Waals surface area (Å²) in [5.74, 6) is 0.748. The van der Waals surface area contributed by atoms with Gasteiger partial charge in [0, 0.05) is 55.8 Å². The molecule has 2 unspecified atom stereocenters. The van der Waals surface area contributed by atoms with Gasteiger partial charge < -0.3 is 20.1 Å². The molecule has 0 spiro atoms. The first-order chi connectivity index (χ1) is 11.9. The lowest BCUT2D eigenvalue weighted by atomic mass is 9.80. The first-order valence-corrected chi connectivity index (χ1v) is 9.31. The summed E-state index contributed by atoms with van der Waals surface area (Å²) >= 11 is 0. The lowest BCUT2D eigenvalue weighted by Gasteiger charge is -2.31. The summed E-state index contributed by atoms with van der Waals surface area (Å²) in [6.07, 6.45) is 2.35. The highest BCUT2D eigenvalue weighted by molar-refractivity contribution is 6.04. The summed E-state index contributed by atoms with van der Waals surface area (Å²) in [6.45, 7) is 6.46. The second-order valence-electron chi connectivity index (χ2n) is 8.37. The number of carbonyl (C=O) groups excluding carboxylic acids is 2. The van der Waals surface area contributed by atoms with Gasteiger partial charge in [0.15, 0.2) is 5.78 Å². The molecule has 0 aromatic carbocycles. The molecule has 0 saturated carbocycles. The summed E-state index contributed by atoms with van der Waals surface area (Å²) in [6, 6.07) is 0. The Balaban J connectivity index is 1.60. The number of rotatable bonds is 3. The van der Waals surface area contributed by atoms with Gasteiger partial charge >= 0.3 is 0 Å². The van der Waals surface area contributed by atoms with E-state index in [2.05, 4.69) is 29.3 Å². The zero-order valence-corrected chi connectivity index (χ0v) is 15.4. The van der Waals surface area contributed by atoms with Crippen molar-refractivity contribution in [3.8, 4) is 0 Å². The van der Waals surface area contributed by atoms with Crippen molar-refractivity contribution >= 4 is 11.7 Å². The molecule has 6 nitrogen and oxygen atoms in total. The molecule has 6 heteroatoms. The SMILES string of the molecule is Cc1c(C(=O)N2CC3CNCC3(CN(C)C)C2)[nH]c2c1C(=O)CCC2. The van der Waals surface area contributed by atoms with E-state index in [0.29, 0.717) is 18.0 Å². The van der Waals surface area contributed by atoms with Crippen LogP contribution in [0.1, 0.15) is 44.9 Å². The number of hydrogen-bond acceptors (Lipinski definition) is 4. The topological polar surface area (TPSA) is 68.4 Å². The van der Waals surface area contributed by atoms with Gasteiger partial charge in [0.05, 0.1) is 0 Å². The zero-order chi connectivity index (χ0) is 17.8. The quantitative estimate of drug-likeness (QED) is 0.861. The number of hydrogen-bond donors (Lipinski definition) is 2. The lowest BCUT2D eigenvalue weighted by Crippen LogP contribution is -2.42. The minimum atomic E-state index is 0.0623. The van der Waals surface area contributed by atoms with Crippen molar-refractivity contribution in [3.05, 3.63) is 22.5 Å². The highest BCUT2D eigenvalue weighted by atomic mass is 16.2. The van der Waals surface area contributed by atoms with E-state index in [0.717, 1.165) is 62.4 Å². The molecule has 2 saturated heterocycles. The molecule has 2 atom stereocenters. The zero-order valence-electron chi connectivity index (χ0n) is 15.4. The molecular formula is C19H28N4O2. The Morgan fingerprint density at radius 2 is 2.16 bits per heavy atom. The third-order valence-electron chi connectivity index (χ3n) is 6.25. The van der Waals surface area contributed by atoms with Gasteiger partial charge in [0.25, 0.3) is 5.91 Å². The van der Waals surface area contributed by atoms with Crippen molar-refractivity contribution in [2.24, 2.45) is 11.3 Å². The second-order valence-corrected chi connectivity index (χ2v) is 8.37. The molecule has 0 bridgehead atoms. The van der Waals surface area contributed by atoms with E-state index >= 15 is 0 Å². The predicted molar refractivity (Wildman–Crippen MR) is 96.0 cm³/mol. The molecular weight excluding hydrogens is 316 g/mol. The standard InChI is InChI=1S/C19H28N4O2/c1-12-16-14(5-4-6-15(16)24)21-17(12)18(25)23-8-13-7-20-9-19(13,11-23)10-22(2)3/h13,20-21H,4-11H2,1-3H3. The van der Waals surface area contributed by atoms with Crippen LogP contribution < -0.4 is 5.32 Å². The molecule has 3 heterocycles. The molecule has 3 aliphatic rings. The van der Waals surface area contributed by atoms with Crippen LogP contribution in [0.15, 0.2) is 0 Å². The van der Waals surface area contributed by atoms with Crippen LogP contribution in [0.2, 0.25) is 0 Å². The largest absolute Gasteiger partial charge is 0.354 e. The van der Waals surface area contributed by atoms with Crippen LogP contribution in [0.25, 0.3) is 0 Å². The fourth-order valence-corrected chi connectivity index (χ4v) is 5.18. The Morgan fingerprint density at radius 3 is 2.88 bits per heavy atom. The van der Waals surface area contributed by atoms with E-state index in [1.165, 1.54) is 0 Å². The van der Waals surface area contributed by atoms with Crippen molar-refractivity contribution < 1.29 is 9.59 Å². The van der Waals surface area contributed by atoms with Crippen molar-refractivity contribution in [1.29, 1.82) is 0 Å². The second kappa shape index (κ2) is 5.95. The number of aryl methyl sites for hydroxylation is 1. The van der Waals surface area contributed by atoms with Crippen LogP contribution in [0.5, 0.6) is 0 Å². The maximum atomic E-state index is 13.2. The molecule has 2 N–H and O–H groups in total. The molecule has 136 valence electrons. The van der Waals surface area contributed by atoms with E-state index in [9.17, 15) is 9.59 Å². The molecule has 25 heavy (non-hydrogen) atoms. The normalized spacial score (nSPS) is 28.6. The number of aromatic amines is 1. The Bertz CT molecular complexity index is 723. The van der Waals surface area contributed by atoms with Crippen molar-refractivity contribution in [2.75, 3.05) is 46.8 Å². The number of fused-ring (bicyclic) bond motifs is 2. The third kappa shape index (κ3) is 2.62. The summed E-state index contributed by atoms with van der Waals surface area (Å²) in [5, 5.41) is 3.51. The molecule has 1 aliphatic carbocycles. The summed E-state index contributed by atoms with van der Waals surface area (Å²) in [4.78, 5) is 33.0. The van der Waals surface area contributed by atoms with E-state index in [4.69, 9.17) is 0 Å². The van der Waals surface area contributed by atoms with E-state index in [1.54, 1.807) is 0 Å². The minimum absolute atomic E-state index is 0.0623. The fourth-order valence-electron chi connectivity index (χ4n) is 5.18. The fraction of sp³-hybridized carbons (Fsp3) is 0.684. The van der Waals surface area contributed by atoms with Gasteiger partial charge in [-0.25, -0.2) is 0 Å². The molecule has 2 aliphatic heterocycles. The summed E-state index contributed by atoms with van der Waals surface area (Å²) < 4.78 is 0. The highest BCUT2D eigenvalue weighted by Gasteiger charge is 2.51. The number of nitrogens with one attached hydrogen (secondary N) is 2. The third-order valence-corrected chi connectivity index (χ3v) is 6.25. The Labute approximate surface area is 148 Å². The van der Waals surface area contributed by atoms with Gasteiger partial charge in [-0.2, -0.15) is 0 Å². The van der Waals surface area contributed by atoms with Crippen molar-refractivity contribution in [1.82, 2.24) is 20.1 Å². The lowest BCUT2D eigenvalue weighted by molar-refractivity contribution is 0.0758. The van der Waals surface area contributed by atoms with Crippen LogP contribution in [0.4, 0.5) is 0 Å². The molecule has 1 aromatic rings. The van der Waals surface area contributed by atoms with Gasteiger partial charge in [-0.05, 0) is 45.3 Å². The molecule has 0 radical (unpaired) electrons. The van der Waals surface area contributed by atoms with Gasteiger partial charge in [-0.3, -0.25) is 9.59 Å². The van der Waals surface area contributed by atoms with Gasteiger partial charge in [0.2, 0.25) is 0 Å². The minimum Gasteiger partial charge on any atom is -0.354 e. The van der Waals surface area contributed by atoms with Crippen molar-refractivity contribution in [3.63, 3.8) is 0 Å². The Morgan fingerprint density at radius 1 is 1.36 bits per heavy atom. The van der Waals surface area contributed by atoms with Gasteiger partial charge in [-0.15, -0.1) is 0 Å². The summed E-state index contributed by atoms with van der Waals surface area (Å²) in [5.41, 5.74) is 3.37. The first kappa shape index (κ1) is 16.8. The molecule has 4 rings (SSSR count). The average Bonchev–Trinajstić information content (AvgIpc) is 3.17. The average molecular weight is 344 g/mol. The van der Waals surface area contributed by atoms with Crippen LogP contribution in [0, 0.1) is 18.3 Å². The number of ketones is 1. The van der Waals surface area contributed by atoms with Crippen LogP contribution in [-0.4, -0.2) is 73.3 Å². The van der Waals surface area contributed by atoms with Crippen LogP contribution in [-0.2, 0) is 6.42 Å². The van der Waals surface area contributed by atoms with Crippen LogP contribution >= 0.6 is 0 Å². The molecule has 1 amide bonds. The number of H-pyrrole nitrogens is 1. The molecule has 2 fully saturated rings. The van der Waals surface area contributed by atoms with Gasteiger partial charge in [-0.1, -0.05) is 0 Å². The number of Topliss-reactive ketones (excluding diaryl/α,β-unsaturated/α-hetero) is 1. The van der Waals surface area contributed by atoms with E-state index < -0.39 is 0 Å². The number of amides is 1. The monoisotopic (exact) mass is 344 g/mol. The Kier molecular flexibility index (Phi) is 4.00. The highest BCUT2D eigenvalue weighted by Crippen LogP contribution is 2.40. The van der Waals surface area contributed by atoms with Gasteiger partial charge in [0.1, 0.15) is 5.69 Å². The number of likely N-dealkylation sites (tertiary alicyclic amines) is 1. The smallest absolute Gasteiger partial charge is 0.270 e. The molecule has 1 aromatic heterocycles. The van der Waals surface area contributed by atoms with E-state index in [1.807, 2.05) is 11.8 Å². The van der Waals surface area contributed by atoms with Crippen molar-refractivity contribution in [2.45, 2.75) is 26.2 Å². The van der Waals surface area contributed by atoms with E-state index in [-0.39, 0.29) is 17.1 Å². The maximum Gasteiger partial charge on any atom is 0.270 e. The number of nitrogens with zero attached hydrogens (tertiary/aromatic N) is 2. The van der Waals surface area contributed by atoms with Crippen LogP contribution in [0.3, 0.4) is 0 Å². The number of aromatic nitrogens is 1. The summed E-state index contributed by atoms with van der Waals surface area (Å²) in [7, 11) is 4.20. The first-order valence-electron chi connectivity index (χ1n) is 9.31. The number of carbonyl (C=O) groups is 2. The maximum absolute atomic E-state index is 13.2. The Hall–Kier alpha value is -1.66.